The maximum Gasteiger partial charge on any atom is 0.132 e. The molecule has 0 N–H and O–H groups in total. The lowest BCUT2D eigenvalue weighted by Crippen LogP contribution is -2.07. The van der Waals surface area contributed by atoms with E-state index in [-0.39, 0.29) is 5.92 Å². The number of carbonyl (C=O) groups is 1. The summed E-state index contributed by atoms with van der Waals surface area (Å²) in [5, 5.41) is 0. The molecule has 0 bridgehead atoms. The zero-order valence-corrected chi connectivity index (χ0v) is 11.5. The molecule has 1 nitrogen and oxygen atoms in total. The molecular formula is C16H24O. The summed E-state index contributed by atoms with van der Waals surface area (Å²) >= 11 is 0. The first kappa shape index (κ1) is 14.0. The van der Waals surface area contributed by atoms with Crippen LogP contribution < -0.4 is 0 Å². The molecule has 0 saturated heterocycles. The van der Waals surface area contributed by atoms with Crippen molar-refractivity contribution in [2.45, 2.75) is 53.4 Å². The number of carbonyl (C=O) groups excluding carboxylic acids is 1. The standard InChI is InChI=1S/C16H24O/c1-5-15-10-9-14(11-16(15)6-2)8-7-12(3)13(4)17/h9-12H,5-8H2,1-4H3. The summed E-state index contributed by atoms with van der Waals surface area (Å²) in [5.41, 5.74) is 4.28. The monoisotopic (exact) mass is 232 g/mol. The van der Waals surface area contributed by atoms with E-state index in [9.17, 15) is 4.79 Å². The van der Waals surface area contributed by atoms with Crippen molar-refractivity contribution in [2.75, 3.05) is 0 Å². The molecule has 1 atom stereocenters. The minimum atomic E-state index is 0.186. The second kappa shape index (κ2) is 6.58. The molecule has 1 rings (SSSR count). The summed E-state index contributed by atoms with van der Waals surface area (Å²) in [7, 11) is 0. The second-order valence-corrected chi connectivity index (χ2v) is 4.86. The molecule has 0 saturated carbocycles. The van der Waals surface area contributed by atoms with Gasteiger partial charge in [-0.2, -0.15) is 0 Å². The molecule has 0 aliphatic rings. The van der Waals surface area contributed by atoms with Gasteiger partial charge in [-0.05, 0) is 49.3 Å². The van der Waals surface area contributed by atoms with Crippen LogP contribution in [-0.2, 0) is 24.1 Å². The van der Waals surface area contributed by atoms with Crippen molar-refractivity contribution >= 4 is 5.78 Å². The molecule has 94 valence electrons. The maximum atomic E-state index is 11.2. The van der Waals surface area contributed by atoms with Gasteiger partial charge in [-0.15, -0.1) is 0 Å². The zero-order valence-electron chi connectivity index (χ0n) is 11.5. The Morgan fingerprint density at radius 1 is 1.18 bits per heavy atom. The van der Waals surface area contributed by atoms with Gasteiger partial charge in [0.15, 0.2) is 0 Å². The number of benzene rings is 1. The summed E-state index contributed by atoms with van der Waals surface area (Å²) in [6, 6.07) is 6.77. The van der Waals surface area contributed by atoms with Gasteiger partial charge in [0.25, 0.3) is 0 Å². The number of ketones is 1. The number of hydrogen-bond acceptors (Lipinski definition) is 1. The van der Waals surface area contributed by atoms with Crippen LogP contribution >= 0.6 is 0 Å². The van der Waals surface area contributed by atoms with Crippen molar-refractivity contribution < 1.29 is 4.79 Å². The fourth-order valence-electron chi connectivity index (χ4n) is 2.10. The Balaban J connectivity index is 2.69. The molecule has 0 aliphatic heterocycles. The third-order valence-corrected chi connectivity index (χ3v) is 3.59. The lowest BCUT2D eigenvalue weighted by Gasteiger charge is -2.11. The second-order valence-electron chi connectivity index (χ2n) is 4.86. The van der Waals surface area contributed by atoms with Crippen molar-refractivity contribution in [3.8, 4) is 0 Å². The molecule has 0 spiro atoms. The lowest BCUT2D eigenvalue weighted by atomic mass is 9.94. The van der Waals surface area contributed by atoms with Crippen LogP contribution in [0.2, 0.25) is 0 Å². The number of hydrogen-bond donors (Lipinski definition) is 0. The average Bonchev–Trinajstić information content (AvgIpc) is 2.35. The Morgan fingerprint density at radius 2 is 1.82 bits per heavy atom. The van der Waals surface area contributed by atoms with Crippen LogP contribution in [0, 0.1) is 5.92 Å². The van der Waals surface area contributed by atoms with E-state index >= 15 is 0 Å². The summed E-state index contributed by atoms with van der Waals surface area (Å²) < 4.78 is 0. The highest BCUT2D eigenvalue weighted by atomic mass is 16.1. The zero-order chi connectivity index (χ0) is 12.8. The third-order valence-electron chi connectivity index (χ3n) is 3.59. The average molecular weight is 232 g/mol. The maximum absolute atomic E-state index is 11.2. The minimum Gasteiger partial charge on any atom is -0.300 e. The molecule has 0 radical (unpaired) electrons. The van der Waals surface area contributed by atoms with Crippen LogP contribution in [-0.4, -0.2) is 5.78 Å². The normalized spacial score (nSPS) is 12.5. The van der Waals surface area contributed by atoms with Gasteiger partial charge in [-0.3, -0.25) is 4.79 Å². The van der Waals surface area contributed by atoms with Crippen LogP contribution in [0.15, 0.2) is 18.2 Å². The molecule has 1 aromatic carbocycles. The number of aryl methyl sites for hydroxylation is 3. The predicted molar refractivity (Wildman–Crippen MR) is 73.4 cm³/mol. The summed E-state index contributed by atoms with van der Waals surface area (Å²) in [4.78, 5) is 11.2. The van der Waals surface area contributed by atoms with Crippen molar-refractivity contribution in [3.63, 3.8) is 0 Å². The Hall–Kier alpha value is -1.11. The topological polar surface area (TPSA) is 17.1 Å². The van der Waals surface area contributed by atoms with Gasteiger partial charge < -0.3 is 0 Å². The fraction of sp³-hybridized carbons (Fsp3) is 0.562. The molecule has 1 aromatic rings. The van der Waals surface area contributed by atoms with E-state index in [1.165, 1.54) is 16.7 Å². The predicted octanol–water partition coefficient (Wildman–Crippen LogP) is 3.97. The Morgan fingerprint density at radius 3 is 2.35 bits per heavy atom. The number of Topliss-reactive ketones (excluding diaryl/α,β-unsaturated/α-hetero) is 1. The van der Waals surface area contributed by atoms with Gasteiger partial charge in [-0.1, -0.05) is 39.0 Å². The molecule has 0 fully saturated rings. The first-order valence-electron chi connectivity index (χ1n) is 6.69. The van der Waals surface area contributed by atoms with Crippen LogP contribution in [0.1, 0.15) is 50.8 Å². The van der Waals surface area contributed by atoms with Gasteiger partial charge >= 0.3 is 0 Å². The van der Waals surface area contributed by atoms with E-state index in [4.69, 9.17) is 0 Å². The Labute approximate surface area is 105 Å². The van der Waals surface area contributed by atoms with Crippen molar-refractivity contribution in [1.29, 1.82) is 0 Å². The van der Waals surface area contributed by atoms with E-state index in [0.717, 1.165) is 25.7 Å². The van der Waals surface area contributed by atoms with E-state index < -0.39 is 0 Å². The molecule has 0 amide bonds. The molecule has 0 heterocycles. The van der Waals surface area contributed by atoms with Gasteiger partial charge in [0.2, 0.25) is 0 Å². The molecular weight excluding hydrogens is 208 g/mol. The molecule has 17 heavy (non-hydrogen) atoms. The molecule has 1 unspecified atom stereocenters. The Bertz CT molecular complexity index is 379. The van der Waals surface area contributed by atoms with Crippen LogP contribution in [0.25, 0.3) is 0 Å². The van der Waals surface area contributed by atoms with Crippen LogP contribution in [0.4, 0.5) is 0 Å². The van der Waals surface area contributed by atoms with Crippen molar-refractivity contribution in [2.24, 2.45) is 5.92 Å². The minimum absolute atomic E-state index is 0.186. The van der Waals surface area contributed by atoms with E-state index in [0.29, 0.717) is 5.78 Å². The van der Waals surface area contributed by atoms with Crippen molar-refractivity contribution in [3.05, 3.63) is 34.9 Å². The first-order chi connectivity index (χ1) is 8.08. The van der Waals surface area contributed by atoms with Crippen molar-refractivity contribution in [1.82, 2.24) is 0 Å². The van der Waals surface area contributed by atoms with E-state index in [1.807, 2.05) is 6.92 Å². The summed E-state index contributed by atoms with van der Waals surface area (Å²) in [5.74, 6) is 0.483. The third kappa shape index (κ3) is 3.99. The first-order valence-corrected chi connectivity index (χ1v) is 6.69. The highest BCUT2D eigenvalue weighted by Gasteiger charge is 2.08. The fourth-order valence-corrected chi connectivity index (χ4v) is 2.10. The van der Waals surface area contributed by atoms with Gasteiger partial charge in [0, 0.05) is 5.92 Å². The van der Waals surface area contributed by atoms with E-state index in [2.05, 4.69) is 32.0 Å². The van der Waals surface area contributed by atoms with Gasteiger partial charge in [-0.25, -0.2) is 0 Å². The summed E-state index contributed by atoms with van der Waals surface area (Å²) in [6.45, 7) is 8.11. The Kier molecular flexibility index (Phi) is 5.40. The van der Waals surface area contributed by atoms with Crippen LogP contribution in [0.3, 0.4) is 0 Å². The highest BCUT2D eigenvalue weighted by molar-refractivity contribution is 5.77. The van der Waals surface area contributed by atoms with E-state index in [1.54, 1.807) is 6.92 Å². The molecule has 1 heteroatoms. The molecule has 0 aromatic heterocycles. The summed E-state index contributed by atoms with van der Waals surface area (Å²) in [6.07, 6.45) is 4.17. The van der Waals surface area contributed by atoms with Crippen LogP contribution in [0.5, 0.6) is 0 Å². The van der Waals surface area contributed by atoms with Gasteiger partial charge in [0.05, 0.1) is 0 Å². The SMILES string of the molecule is CCc1ccc(CCC(C)C(C)=O)cc1CC. The van der Waals surface area contributed by atoms with Gasteiger partial charge in [0.1, 0.15) is 5.78 Å². The molecule has 0 aliphatic carbocycles. The lowest BCUT2D eigenvalue weighted by molar-refractivity contribution is -0.120. The highest BCUT2D eigenvalue weighted by Crippen LogP contribution is 2.16. The quantitative estimate of drug-likeness (QED) is 0.725. The number of rotatable bonds is 6. The smallest absolute Gasteiger partial charge is 0.132 e. The largest absolute Gasteiger partial charge is 0.300 e.